The number of carboxylic acids is 1. The minimum atomic E-state index is -1.48. The molecule has 1 aromatic rings. The lowest BCUT2D eigenvalue weighted by Gasteiger charge is -2.16. The van der Waals surface area contributed by atoms with Gasteiger partial charge in [-0.05, 0) is 24.0 Å². The van der Waals surface area contributed by atoms with E-state index in [0.29, 0.717) is 24.6 Å². The highest BCUT2D eigenvalue weighted by atomic mass is 19.2. The summed E-state index contributed by atoms with van der Waals surface area (Å²) >= 11 is 0. The van der Waals surface area contributed by atoms with Crippen molar-refractivity contribution in [1.29, 1.82) is 0 Å². The molecule has 0 fully saturated rings. The molecule has 6 heteroatoms. The van der Waals surface area contributed by atoms with Gasteiger partial charge in [0.1, 0.15) is 0 Å². The first-order valence-corrected chi connectivity index (χ1v) is 6.24. The van der Waals surface area contributed by atoms with Gasteiger partial charge in [0.15, 0.2) is 11.6 Å². The molecule has 0 aliphatic heterocycles. The van der Waals surface area contributed by atoms with Crippen molar-refractivity contribution in [2.45, 2.75) is 20.8 Å². The predicted molar refractivity (Wildman–Crippen MR) is 69.7 cm³/mol. The van der Waals surface area contributed by atoms with Gasteiger partial charge < -0.3 is 10.4 Å². The van der Waals surface area contributed by atoms with Gasteiger partial charge >= 0.3 is 5.97 Å². The van der Waals surface area contributed by atoms with Crippen LogP contribution < -0.4 is 5.32 Å². The molecular weight excluding hydrogens is 268 g/mol. The van der Waals surface area contributed by atoms with E-state index in [9.17, 15) is 18.4 Å². The number of nitrogens with one attached hydrogen (secondary N) is 1. The Bertz CT molecular complexity index is 529. The van der Waals surface area contributed by atoms with Crippen LogP contribution in [0, 0.1) is 23.5 Å². The lowest BCUT2D eigenvalue weighted by atomic mass is 9.98. The second kappa shape index (κ2) is 6.45. The lowest BCUT2D eigenvalue weighted by molar-refractivity contribution is 0.0690. The normalized spacial score (nSPS) is 12.3. The molecule has 0 saturated heterocycles. The number of carbonyl (C=O) groups is 2. The number of amides is 1. The number of hydrogen-bond donors (Lipinski definition) is 2. The van der Waals surface area contributed by atoms with Crippen molar-refractivity contribution in [3.05, 3.63) is 34.9 Å². The molecule has 1 rings (SSSR count). The molecule has 0 bridgehead atoms. The van der Waals surface area contributed by atoms with Crippen LogP contribution in [-0.4, -0.2) is 23.5 Å². The molecule has 1 amide bonds. The van der Waals surface area contributed by atoms with Crippen LogP contribution in [0.5, 0.6) is 0 Å². The fourth-order valence-electron chi connectivity index (χ4n) is 1.50. The molecule has 0 heterocycles. The summed E-state index contributed by atoms with van der Waals surface area (Å²) in [6.07, 6.45) is 0. The van der Waals surface area contributed by atoms with Gasteiger partial charge in [-0.3, -0.25) is 4.79 Å². The number of aromatic carboxylic acids is 1. The number of carbonyl (C=O) groups excluding carboxylic acids is 1. The number of benzene rings is 1. The Labute approximate surface area is 115 Å². The first-order valence-electron chi connectivity index (χ1n) is 6.24. The van der Waals surface area contributed by atoms with Crippen molar-refractivity contribution in [3.63, 3.8) is 0 Å². The van der Waals surface area contributed by atoms with E-state index in [0.717, 1.165) is 0 Å². The molecule has 0 radical (unpaired) electrons. The van der Waals surface area contributed by atoms with Crippen molar-refractivity contribution in [1.82, 2.24) is 5.32 Å². The average molecular weight is 285 g/mol. The molecule has 1 unspecified atom stereocenters. The van der Waals surface area contributed by atoms with Gasteiger partial charge in [-0.25, -0.2) is 13.6 Å². The van der Waals surface area contributed by atoms with Gasteiger partial charge in [-0.2, -0.15) is 0 Å². The summed E-state index contributed by atoms with van der Waals surface area (Å²) < 4.78 is 26.2. The van der Waals surface area contributed by atoms with Gasteiger partial charge in [-0.15, -0.1) is 0 Å². The molecule has 0 spiro atoms. The zero-order valence-corrected chi connectivity index (χ0v) is 11.5. The molecule has 1 atom stereocenters. The zero-order valence-electron chi connectivity index (χ0n) is 11.5. The van der Waals surface area contributed by atoms with E-state index in [1.54, 1.807) is 0 Å². The van der Waals surface area contributed by atoms with E-state index in [4.69, 9.17) is 5.11 Å². The van der Waals surface area contributed by atoms with E-state index in [1.807, 2.05) is 20.8 Å². The smallest absolute Gasteiger partial charge is 0.336 e. The lowest BCUT2D eigenvalue weighted by Crippen LogP contribution is -2.31. The monoisotopic (exact) mass is 285 g/mol. The first-order chi connectivity index (χ1) is 9.23. The number of carboxylic acid groups (broad SMARTS) is 1. The van der Waals surface area contributed by atoms with E-state index < -0.39 is 29.1 Å². The Morgan fingerprint density at radius 1 is 1.15 bits per heavy atom. The predicted octanol–water partition coefficient (Wildman–Crippen LogP) is 2.68. The summed E-state index contributed by atoms with van der Waals surface area (Å²) in [6, 6.07) is 1.12. The van der Waals surface area contributed by atoms with Crippen molar-refractivity contribution in [3.8, 4) is 0 Å². The molecule has 110 valence electrons. The molecule has 4 nitrogen and oxygen atoms in total. The third-order valence-electron chi connectivity index (χ3n) is 3.26. The highest BCUT2D eigenvalue weighted by molar-refractivity contribution is 6.04. The van der Waals surface area contributed by atoms with Gasteiger partial charge in [0.05, 0.1) is 11.1 Å². The fraction of sp³-hybridized carbons (Fsp3) is 0.429. The SMILES string of the molecule is CC(C)C(C)CNC(=O)c1cc(F)c(F)cc1C(=O)O. The van der Waals surface area contributed by atoms with Crippen LogP contribution in [0.2, 0.25) is 0 Å². The number of rotatable bonds is 5. The molecule has 0 aliphatic carbocycles. The summed E-state index contributed by atoms with van der Waals surface area (Å²) in [6.45, 7) is 6.22. The van der Waals surface area contributed by atoms with Crippen molar-refractivity contribution in [2.24, 2.45) is 11.8 Å². The zero-order chi connectivity index (χ0) is 15.4. The van der Waals surface area contributed by atoms with Gasteiger partial charge in [0.2, 0.25) is 0 Å². The fourth-order valence-corrected chi connectivity index (χ4v) is 1.50. The minimum absolute atomic E-state index is 0.178. The van der Waals surface area contributed by atoms with Crippen LogP contribution in [0.4, 0.5) is 8.78 Å². The second-order valence-electron chi connectivity index (χ2n) is 5.05. The molecule has 2 N–H and O–H groups in total. The van der Waals surface area contributed by atoms with Crippen LogP contribution in [0.3, 0.4) is 0 Å². The molecule has 1 aromatic carbocycles. The highest BCUT2D eigenvalue weighted by Crippen LogP contribution is 2.16. The maximum atomic E-state index is 13.2. The van der Waals surface area contributed by atoms with Crippen LogP contribution in [0.25, 0.3) is 0 Å². The maximum Gasteiger partial charge on any atom is 0.336 e. The Morgan fingerprint density at radius 2 is 1.65 bits per heavy atom. The summed E-state index contributed by atoms with van der Waals surface area (Å²) in [4.78, 5) is 22.9. The van der Waals surface area contributed by atoms with E-state index in [2.05, 4.69) is 5.32 Å². The number of hydrogen-bond acceptors (Lipinski definition) is 2. The first kappa shape index (κ1) is 16.1. The second-order valence-corrected chi connectivity index (χ2v) is 5.05. The summed E-state index contributed by atoms with van der Waals surface area (Å²) in [7, 11) is 0. The molecule has 20 heavy (non-hydrogen) atoms. The molecular formula is C14H17F2NO3. The Hall–Kier alpha value is -1.98. The minimum Gasteiger partial charge on any atom is -0.478 e. The summed E-state index contributed by atoms with van der Waals surface area (Å²) in [5.74, 6) is -4.25. The number of halogens is 2. The van der Waals surface area contributed by atoms with Crippen LogP contribution in [-0.2, 0) is 0 Å². The Kier molecular flexibility index (Phi) is 5.19. The third kappa shape index (κ3) is 3.76. The van der Waals surface area contributed by atoms with Crippen molar-refractivity contribution in [2.75, 3.05) is 6.54 Å². The van der Waals surface area contributed by atoms with E-state index in [1.165, 1.54) is 0 Å². The third-order valence-corrected chi connectivity index (χ3v) is 3.26. The average Bonchev–Trinajstić information content (AvgIpc) is 2.37. The maximum absolute atomic E-state index is 13.2. The quantitative estimate of drug-likeness (QED) is 0.874. The topological polar surface area (TPSA) is 66.4 Å². The van der Waals surface area contributed by atoms with Gasteiger partial charge in [0, 0.05) is 6.54 Å². The standard InChI is InChI=1S/C14H17F2NO3/c1-7(2)8(3)6-17-13(18)9-4-11(15)12(16)5-10(9)14(19)20/h4-5,7-8H,6H2,1-3H3,(H,17,18)(H,19,20). The Morgan fingerprint density at radius 3 is 2.10 bits per heavy atom. The molecule has 0 aromatic heterocycles. The summed E-state index contributed by atoms with van der Waals surface area (Å²) in [5, 5.41) is 11.5. The van der Waals surface area contributed by atoms with Crippen LogP contribution in [0.15, 0.2) is 12.1 Å². The summed E-state index contributed by atoms with van der Waals surface area (Å²) in [5.41, 5.74) is -0.939. The van der Waals surface area contributed by atoms with E-state index >= 15 is 0 Å². The van der Waals surface area contributed by atoms with Crippen LogP contribution >= 0.6 is 0 Å². The van der Waals surface area contributed by atoms with Gasteiger partial charge in [-0.1, -0.05) is 20.8 Å². The highest BCUT2D eigenvalue weighted by Gasteiger charge is 2.21. The molecule has 0 saturated carbocycles. The van der Waals surface area contributed by atoms with Gasteiger partial charge in [0.25, 0.3) is 5.91 Å². The Balaban J connectivity index is 2.98. The van der Waals surface area contributed by atoms with E-state index in [-0.39, 0.29) is 11.5 Å². The largest absolute Gasteiger partial charge is 0.478 e. The van der Waals surface area contributed by atoms with Crippen LogP contribution in [0.1, 0.15) is 41.5 Å². The van der Waals surface area contributed by atoms with Crippen molar-refractivity contribution < 1.29 is 23.5 Å². The molecule has 0 aliphatic rings. The van der Waals surface area contributed by atoms with Crippen molar-refractivity contribution >= 4 is 11.9 Å².